The van der Waals surface area contributed by atoms with Gasteiger partial charge < -0.3 is 16.4 Å². The summed E-state index contributed by atoms with van der Waals surface area (Å²) in [5, 5.41) is 0. The third-order valence-electron chi connectivity index (χ3n) is 4.28. The van der Waals surface area contributed by atoms with E-state index in [0.717, 1.165) is 32.5 Å². The number of carbonyl (C=O) groups excluding carboxylic acids is 1. The summed E-state index contributed by atoms with van der Waals surface area (Å²) in [6.45, 7) is 6.86. The lowest BCUT2D eigenvalue weighted by molar-refractivity contribution is -0.123. The number of amides is 1. The summed E-state index contributed by atoms with van der Waals surface area (Å²) in [5.74, 6) is -0.119. The molecule has 0 aliphatic carbocycles. The van der Waals surface area contributed by atoms with Crippen molar-refractivity contribution in [2.24, 2.45) is 17.4 Å². The van der Waals surface area contributed by atoms with Crippen molar-refractivity contribution in [3.63, 3.8) is 0 Å². The van der Waals surface area contributed by atoms with Gasteiger partial charge in [-0.3, -0.25) is 4.79 Å². The molecule has 1 amide bonds. The number of likely N-dealkylation sites (tertiary alicyclic amines) is 1. The van der Waals surface area contributed by atoms with E-state index < -0.39 is 0 Å². The lowest BCUT2D eigenvalue weighted by Gasteiger charge is -2.32. The maximum atomic E-state index is 11.2. The monoisotopic (exact) mass is 275 g/mol. The maximum absolute atomic E-state index is 11.2. The van der Waals surface area contributed by atoms with Crippen molar-refractivity contribution in [1.29, 1.82) is 0 Å². The number of rotatable bonds is 4. The van der Waals surface area contributed by atoms with Gasteiger partial charge in [0.15, 0.2) is 0 Å². The number of nitrogens with two attached hydrogens (primary N) is 2. The highest BCUT2D eigenvalue weighted by atomic mass is 16.1. The zero-order valence-corrected chi connectivity index (χ0v) is 12.4. The zero-order chi connectivity index (χ0) is 14.7. The van der Waals surface area contributed by atoms with E-state index in [2.05, 4.69) is 36.9 Å². The molecule has 1 unspecified atom stereocenters. The third-order valence-corrected chi connectivity index (χ3v) is 4.28. The number of aryl methyl sites for hydroxylation is 2. The SMILES string of the molecule is Cc1ccc(C)c(C(N)CN2CCC(C(N)=O)CC2)c1. The van der Waals surface area contributed by atoms with Gasteiger partial charge in [0.25, 0.3) is 0 Å². The Morgan fingerprint density at radius 1 is 1.35 bits per heavy atom. The molecule has 1 aromatic carbocycles. The first-order valence-corrected chi connectivity index (χ1v) is 7.31. The highest BCUT2D eigenvalue weighted by molar-refractivity contribution is 5.76. The number of carbonyl (C=O) groups is 1. The van der Waals surface area contributed by atoms with Crippen LogP contribution in [0.4, 0.5) is 0 Å². The van der Waals surface area contributed by atoms with Crippen LogP contribution in [-0.4, -0.2) is 30.4 Å². The molecule has 1 fully saturated rings. The fourth-order valence-electron chi connectivity index (χ4n) is 2.94. The molecule has 1 atom stereocenters. The first-order chi connectivity index (χ1) is 9.47. The molecule has 2 rings (SSSR count). The summed E-state index contributed by atoms with van der Waals surface area (Å²) in [7, 11) is 0. The molecule has 0 radical (unpaired) electrons. The first-order valence-electron chi connectivity index (χ1n) is 7.31. The minimum Gasteiger partial charge on any atom is -0.369 e. The molecule has 0 bridgehead atoms. The Labute approximate surface area is 121 Å². The summed E-state index contributed by atoms with van der Waals surface area (Å²) in [6, 6.07) is 6.45. The van der Waals surface area contributed by atoms with Crippen LogP contribution in [0, 0.1) is 19.8 Å². The van der Waals surface area contributed by atoms with Crippen LogP contribution in [0.15, 0.2) is 18.2 Å². The summed E-state index contributed by atoms with van der Waals surface area (Å²) in [4.78, 5) is 13.5. The van der Waals surface area contributed by atoms with E-state index in [9.17, 15) is 4.79 Å². The van der Waals surface area contributed by atoms with Crippen LogP contribution in [0.2, 0.25) is 0 Å². The Bertz CT molecular complexity index is 479. The van der Waals surface area contributed by atoms with E-state index in [1.807, 2.05) is 0 Å². The van der Waals surface area contributed by atoms with E-state index in [-0.39, 0.29) is 17.9 Å². The molecular formula is C16H25N3O. The molecule has 0 saturated carbocycles. The molecule has 1 aliphatic rings. The molecular weight excluding hydrogens is 250 g/mol. The molecule has 1 aromatic rings. The van der Waals surface area contributed by atoms with Gasteiger partial charge in [-0.1, -0.05) is 23.8 Å². The van der Waals surface area contributed by atoms with Crippen molar-refractivity contribution < 1.29 is 4.79 Å². The minimum atomic E-state index is -0.163. The second-order valence-electron chi connectivity index (χ2n) is 5.94. The van der Waals surface area contributed by atoms with E-state index in [1.165, 1.54) is 16.7 Å². The van der Waals surface area contributed by atoms with Gasteiger partial charge in [-0.15, -0.1) is 0 Å². The summed E-state index contributed by atoms with van der Waals surface area (Å²) in [6.07, 6.45) is 1.71. The molecule has 0 aromatic heterocycles. The Hall–Kier alpha value is -1.39. The van der Waals surface area contributed by atoms with Crippen LogP contribution in [-0.2, 0) is 4.79 Å². The van der Waals surface area contributed by atoms with Gasteiger partial charge in [0.2, 0.25) is 5.91 Å². The predicted molar refractivity (Wildman–Crippen MR) is 81.2 cm³/mol. The molecule has 4 N–H and O–H groups in total. The lowest BCUT2D eigenvalue weighted by atomic mass is 9.94. The van der Waals surface area contributed by atoms with Gasteiger partial charge in [-0.25, -0.2) is 0 Å². The molecule has 4 heteroatoms. The molecule has 0 spiro atoms. The summed E-state index contributed by atoms with van der Waals surface area (Å²) < 4.78 is 0. The van der Waals surface area contributed by atoms with Crippen LogP contribution in [0.1, 0.15) is 35.6 Å². The average Bonchev–Trinajstić information content (AvgIpc) is 2.42. The number of benzene rings is 1. The van der Waals surface area contributed by atoms with Crippen molar-refractivity contribution in [2.45, 2.75) is 32.7 Å². The second kappa shape index (κ2) is 6.37. The van der Waals surface area contributed by atoms with Crippen molar-refractivity contribution in [3.8, 4) is 0 Å². The fourth-order valence-corrected chi connectivity index (χ4v) is 2.94. The Balaban J connectivity index is 1.94. The van der Waals surface area contributed by atoms with Gasteiger partial charge in [0.1, 0.15) is 0 Å². The lowest BCUT2D eigenvalue weighted by Crippen LogP contribution is -2.41. The largest absolute Gasteiger partial charge is 0.369 e. The topological polar surface area (TPSA) is 72.3 Å². The van der Waals surface area contributed by atoms with Gasteiger partial charge >= 0.3 is 0 Å². The zero-order valence-electron chi connectivity index (χ0n) is 12.4. The minimum absolute atomic E-state index is 0.0278. The number of nitrogens with zero attached hydrogens (tertiary/aromatic N) is 1. The van der Waals surface area contributed by atoms with Gasteiger partial charge in [-0.05, 0) is 50.9 Å². The molecule has 1 heterocycles. The number of hydrogen-bond acceptors (Lipinski definition) is 3. The van der Waals surface area contributed by atoms with Gasteiger partial charge in [-0.2, -0.15) is 0 Å². The van der Waals surface area contributed by atoms with Crippen LogP contribution in [0.3, 0.4) is 0 Å². The molecule has 110 valence electrons. The second-order valence-corrected chi connectivity index (χ2v) is 5.94. The maximum Gasteiger partial charge on any atom is 0.220 e. The van der Waals surface area contributed by atoms with E-state index in [0.29, 0.717) is 0 Å². The Morgan fingerprint density at radius 2 is 2.00 bits per heavy atom. The van der Waals surface area contributed by atoms with Crippen molar-refractivity contribution in [1.82, 2.24) is 4.90 Å². The van der Waals surface area contributed by atoms with E-state index >= 15 is 0 Å². The summed E-state index contributed by atoms with van der Waals surface area (Å²) >= 11 is 0. The molecule has 4 nitrogen and oxygen atoms in total. The van der Waals surface area contributed by atoms with Gasteiger partial charge in [0, 0.05) is 18.5 Å². The van der Waals surface area contributed by atoms with Crippen LogP contribution >= 0.6 is 0 Å². The number of hydrogen-bond donors (Lipinski definition) is 2. The summed E-state index contributed by atoms with van der Waals surface area (Å²) in [5.41, 5.74) is 15.4. The van der Waals surface area contributed by atoms with Crippen molar-refractivity contribution >= 4 is 5.91 Å². The van der Waals surface area contributed by atoms with Crippen LogP contribution in [0.5, 0.6) is 0 Å². The quantitative estimate of drug-likeness (QED) is 0.874. The first kappa shape index (κ1) is 15.0. The molecule has 20 heavy (non-hydrogen) atoms. The highest BCUT2D eigenvalue weighted by Gasteiger charge is 2.24. The molecule has 1 saturated heterocycles. The van der Waals surface area contributed by atoms with Crippen molar-refractivity contribution in [3.05, 3.63) is 34.9 Å². The van der Waals surface area contributed by atoms with Crippen LogP contribution in [0.25, 0.3) is 0 Å². The highest BCUT2D eigenvalue weighted by Crippen LogP contribution is 2.22. The molecule has 1 aliphatic heterocycles. The van der Waals surface area contributed by atoms with Crippen LogP contribution < -0.4 is 11.5 Å². The van der Waals surface area contributed by atoms with Crippen molar-refractivity contribution in [2.75, 3.05) is 19.6 Å². The van der Waals surface area contributed by atoms with E-state index in [1.54, 1.807) is 0 Å². The number of piperidine rings is 1. The Morgan fingerprint density at radius 3 is 2.60 bits per heavy atom. The average molecular weight is 275 g/mol. The number of primary amides is 1. The fraction of sp³-hybridized carbons (Fsp3) is 0.562. The van der Waals surface area contributed by atoms with E-state index in [4.69, 9.17) is 11.5 Å². The standard InChI is InChI=1S/C16H25N3O/c1-11-3-4-12(2)14(9-11)15(17)10-19-7-5-13(6-8-19)16(18)20/h3-4,9,13,15H,5-8,10,17H2,1-2H3,(H2,18,20). The normalized spacial score (nSPS) is 18.9. The smallest absolute Gasteiger partial charge is 0.220 e. The third kappa shape index (κ3) is 3.58. The predicted octanol–water partition coefficient (Wildman–Crippen LogP) is 1.50. The Kier molecular flexibility index (Phi) is 4.78. The van der Waals surface area contributed by atoms with Gasteiger partial charge in [0.05, 0.1) is 0 Å².